The lowest BCUT2D eigenvalue weighted by Gasteiger charge is -2.58. The number of likely N-dealkylation sites (tertiary alicyclic amines) is 1. The maximum Gasteiger partial charge on any atom is 0.226 e. The highest BCUT2D eigenvalue weighted by Gasteiger charge is 2.55. The summed E-state index contributed by atoms with van der Waals surface area (Å²) in [6.45, 7) is 5.60. The van der Waals surface area contributed by atoms with E-state index in [1.807, 2.05) is 30.0 Å². The van der Waals surface area contributed by atoms with Crippen LogP contribution in [-0.4, -0.2) is 34.6 Å². The molecule has 0 aromatic heterocycles. The number of carbonyl (C=O) groups is 1. The number of nitrogens with zero attached hydrogens (tertiary/aromatic N) is 1. The molecule has 2 fully saturated rings. The van der Waals surface area contributed by atoms with Crippen LogP contribution in [-0.2, 0) is 11.2 Å². The molecule has 1 aliphatic carbocycles. The van der Waals surface area contributed by atoms with Gasteiger partial charge in [0.2, 0.25) is 5.91 Å². The van der Waals surface area contributed by atoms with Gasteiger partial charge in [-0.05, 0) is 50.7 Å². The fourth-order valence-corrected chi connectivity index (χ4v) is 3.90. The van der Waals surface area contributed by atoms with Gasteiger partial charge in [0.25, 0.3) is 0 Å². The Kier molecular flexibility index (Phi) is 3.56. The van der Waals surface area contributed by atoms with Crippen LogP contribution in [0.25, 0.3) is 0 Å². The summed E-state index contributed by atoms with van der Waals surface area (Å²) < 4.78 is 0. The van der Waals surface area contributed by atoms with Gasteiger partial charge in [0.1, 0.15) is 0 Å². The highest BCUT2D eigenvalue weighted by atomic mass is 16.3. The summed E-state index contributed by atoms with van der Waals surface area (Å²) in [5.41, 5.74) is 1.87. The van der Waals surface area contributed by atoms with Gasteiger partial charge < -0.3 is 10.0 Å². The average molecular weight is 287 g/mol. The first-order valence-corrected chi connectivity index (χ1v) is 7.98. The molecule has 1 saturated heterocycles. The molecule has 2 aliphatic rings. The lowest BCUT2D eigenvalue weighted by Crippen LogP contribution is -2.60. The van der Waals surface area contributed by atoms with Crippen molar-refractivity contribution in [2.24, 2.45) is 5.41 Å². The highest BCUT2D eigenvalue weighted by Crippen LogP contribution is 2.56. The number of benzene rings is 1. The zero-order valence-corrected chi connectivity index (χ0v) is 13.1. The second-order valence-electron chi connectivity index (χ2n) is 7.04. The molecule has 1 aliphatic heterocycles. The van der Waals surface area contributed by atoms with E-state index in [9.17, 15) is 9.90 Å². The molecule has 3 heteroatoms. The molecule has 1 amide bonds. The Bertz CT molecular complexity index is 542. The molecule has 21 heavy (non-hydrogen) atoms. The van der Waals surface area contributed by atoms with Gasteiger partial charge in [-0.2, -0.15) is 0 Å². The maximum atomic E-state index is 12.5. The van der Waals surface area contributed by atoms with Crippen LogP contribution in [0.3, 0.4) is 0 Å². The van der Waals surface area contributed by atoms with Crippen LogP contribution in [0.15, 0.2) is 24.3 Å². The molecule has 1 saturated carbocycles. The number of hydrogen-bond donors (Lipinski definition) is 1. The standard InChI is InChI=1S/C18H25NO2/c1-14-5-3-4-6-15(14)13-16(20)19-11-9-18(10-12-19)8-7-17(18,2)21/h3-6,21H,7-13H2,1-2H3. The highest BCUT2D eigenvalue weighted by molar-refractivity contribution is 5.79. The summed E-state index contributed by atoms with van der Waals surface area (Å²) in [7, 11) is 0. The lowest BCUT2D eigenvalue weighted by atomic mass is 9.53. The summed E-state index contributed by atoms with van der Waals surface area (Å²) in [5, 5.41) is 10.4. The molecule has 1 heterocycles. The van der Waals surface area contributed by atoms with Crippen molar-refractivity contribution in [2.45, 2.75) is 51.6 Å². The Hall–Kier alpha value is -1.35. The van der Waals surface area contributed by atoms with Gasteiger partial charge >= 0.3 is 0 Å². The van der Waals surface area contributed by atoms with Crippen molar-refractivity contribution < 1.29 is 9.90 Å². The Labute approximate surface area is 127 Å². The topological polar surface area (TPSA) is 40.5 Å². The largest absolute Gasteiger partial charge is 0.390 e. The van der Waals surface area contributed by atoms with E-state index in [1.165, 1.54) is 5.56 Å². The Morgan fingerprint density at radius 2 is 1.86 bits per heavy atom. The SMILES string of the molecule is Cc1ccccc1CC(=O)N1CCC2(CC1)CCC2(C)O. The van der Waals surface area contributed by atoms with E-state index in [2.05, 4.69) is 13.0 Å². The molecule has 1 unspecified atom stereocenters. The van der Waals surface area contributed by atoms with Crippen LogP contribution >= 0.6 is 0 Å². The minimum Gasteiger partial charge on any atom is -0.390 e. The van der Waals surface area contributed by atoms with Crippen LogP contribution in [0, 0.1) is 12.3 Å². The lowest BCUT2D eigenvalue weighted by molar-refractivity contribution is -0.180. The summed E-state index contributed by atoms with van der Waals surface area (Å²) in [5.74, 6) is 0.220. The van der Waals surface area contributed by atoms with E-state index in [0.717, 1.165) is 44.3 Å². The van der Waals surface area contributed by atoms with Crippen molar-refractivity contribution >= 4 is 5.91 Å². The molecule has 0 bridgehead atoms. The number of piperidine rings is 1. The first-order valence-electron chi connectivity index (χ1n) is 7.98. The van der Waals surface area contributed by atoms with Crippen molar-refractivity contribution in [1.29, 1.82) is 0 Å². The monoisotopic (exact) mass is 287 g/mol. The predicted octanol–water partition coefficient (Wildman–Crippen LogP) is 2.69. The van der Waals surface area contributed by atoms with Crippen molar-refractivity contribution in [2.75, 3.05) is 13.1 Å². The quantitative estimate of drug-likeness (QED) is 0.908. The number of amides is 1. The fraction of sp³-hybridized carbons (Fsp3) is 0.611. The van der Waals surface area contributed by atoms with Crippen molar-refractivity contribution in [3.63, 3.8) is 0 Å². The Morgan fingerprint density at radius 1 is 1.19 bits per heavy atom. The Balaban J connectivity index is 1.60. The van der Waals surface area contributed by atoms with E-state index in [1.54, 1.807) is 0 Å². The molecular formula is C18H25NO2. The second-order valence-corrected chi connectivity index (χ2v) is 7.04. The van der Waals surface area contributed by atoms with E-state index < -0.39 is 5.60 Å². The van der Waals surface area contributed by atoms with Gasteiger partial charge in [0.05, 0.1) is 12.0 Å². The molecule has 1 atom stereocenters. The van der Waals surface area contributed by atoms with Crippen molar-refractivity contribution in [3.05, 3.63) is 35.4 Å². The first-order chi connectivity index (χ1) is 9.94. The van der Waals surface area contributed by atoms with Crippen molar-refractivity contribution in [1.82, 2.24) is 4.90 Å². The molecule has 0 radical (unpaired) electrons. The number of hydrogen-bond acceptors (Lipinski definition) is 2. The van der Waals surface area contributed by atoms with Gasteiger partial charge in [-0.1, -0.05) is 24.3 Å². The van der Waals surface area contributed by atoms with Crippen LogP contribution in [0.2, 0.25) is 0 Å². The van der Waals surface area contributed by atoms with Gasteiger partial charge in [-0.15, -0.1) is 0 Å². The van der Waals surface area contributed by atoms with Crippen molar-refractivity contribution in [3.8, 4) is 0 Å². The molecular weight excluding hydrogens is 262 g/mol. The molecule has 1 N–H and O–H groups in total. The number of carbonyl (C=O) groups excluding carboxylic acids is 1. The molecule has 1 aromatic rings. The number of rotatable bonds is 2. The molecule has 3 rings (SSSR count). The third-order valence-corrected chi connectivity index (χ3v) is 5.91. The minimum atomic E-state index is -0.516. The van der Waals surface area contributed by atoms with Gasteiger partial charge in [0.15, 0.2) is 0 Å². The summed E-state index contributed by atoms with van der Waals surface area (Å²) >= 11 is 0. The second kappa shape index (κ2) is 5.13. The first kappa shape index (κ1) is 14.6. The van der Waals surface area contributed by atoms with E-state index in [-0.39, 0.29) is 11.3 Å². The number of aliphatic hydroxyl groups is 1. The van der Waals surface area contributed by atoms with E-state index >= 15 is 0 Å². The maximum absolute atomic E-state index is 12.5. The smallest absolute Gasteiger partial charge is 0.226 e. The third kappa shape index (κ3) is 2.48. The van der Waals surface area contributed by atoms with Gasteiger partial charge in [-0.3, -0.25) is 4.79 Å². The fourth-order valence-electron chi connectivity index (χ4n) is 3.90. The third-order valence-electron chi connectivity index (χ3n) is 5.91. The molecule has 1 aromatic carbocycles. The van der Waals surface area contributed by atoms with Gasteiger partial charge in [-0.25, -0.2) is 0 Å². The summed E-state index contributed by atoms with van der Waals surface area (Å²) in [6, 6.07) is 8.09. The van der Waals surface area contributed by atoms with E-state index in [4.69, 9.17) is 0 Å². The Morgan fingerprint density at radius 3 is 2.38 bits per heavy atom. The van der Waals surface area contributed by atoms with Crippen LogP contribution in [0.1, 0.15) is 43.7 Å². The molecule has 3 nitrogen and oxygen atoms in total. The minimum absolute atomic E-state index is 0.0758. The molecule has 114 valence electrons. The van der Waals surface area contributed by atoms with Gasteiger partial charge in [0, 0.05) is 18.5 Å². The number of aryl methyl sites for hydroxylation is 1. The average Bonchev–Trinajstić information content (AvgIpc) is 2.48. The molecule has 1 spiro atoms. The normalized spacial score (nSPS) is 27.5. The summed E-state index contributed by atoms with van der Waals surface area (Å²) in [4.78, 5) is 14.4. The summed E-state index contributed by atoms with van der Waals surface area (Å²) in [6.07, 6.45) is 4.40. The zero-order chi connectivity index (χ0) is 15.1. The van der Waals surface area contributed by atoms with Crippen LogP contribution < -0.4 is 0 Å². The van der Waals surface area contributed by atoms with E-state index in [0.29, 0.717) is 6.42 Å². The van der Waals surface area contributed by atoms with Crippen LogP contribution in [0.4, 0.5) is 0 Å². The predicted molar refractivity (Wildman–Crippen MR) is 83.0 cm³/mol. The zero-order valence-electron chi connectivity index (χ0n) is 13.1. The van der Waals surface area contributed by atoms with Crippen LogP contribution in [0.5, 0.6) is 0 Å².